The fraction of sp³-hybridized carbons (Fsp3) is 0.357. The van der Waals surface area contributed by atoms with Crippen molar-refractivity contribution >= 4 is 22.1 Å². The molecule has 1 aromatic heterocycles. The molecule has 0 amide bonds. The molecule has 90 valence electrons. The Labute approximate surface area is 102 Å². The van der Waals surface area contributed by atoms with Crippen molar-refractivity contribution in [3.05, 3.63) is 30.6 Å². The Kier molecular flexibility index (Phi) is 3.18. The van der Waals surface area contributed by atoms with Crippen LogP contribution in [0.25, 0.3) is 10.8 Å². The van der Waals surface area contributed by atoms with Gasteiger partial charge in [-0.3, -0.25) is 4.98 Å². The highest BCUT2D eigenvalue weighted by atomic mass is 15.1. The first-order valence-corrected chi connectivity index (χ1v) is 6.04. The lowest BCUT2D eigenvalue weighted by atomic mass is 10.1. The molecule has 0 aliphatic heterocycles. The van der Waals surface area contributed by atoms with Crippen molar-refractivity contribution in [1.29, 1.82) is 0 Å². The Hall–Kier alpha value is -1.77. The number of hydrogen-bond donors (Lipinski definition) is 1. The summed E-state index contributed by atoms with van der Waals surface area (Å²) in [6, 6.07) is 6.57. The summed E-state index contributed by atoms with van der Waals surface area (Å²) < 4.78 is 0. The number of nitrogens with two attached hydrogens (primary N) is 1. The van der Waals surface area contributed by atoms with E-state index in [1.807, 2.05) is 24.5 Å². The van der Waals surface area contributed by atoms with Gasteiger partial charge in [-0.25, -0.2) is 0 Å². The summed E-state index contributed by atoms with van der Waals surface area (Å²) in [4.78, 5) is 6.51. The first kappa shape index (κ1) is 11.7. The molecule has 3 nitrogen and oxygen atoms in total. The number of anilines is 2. The second-order valence-corrected chi connectivity index (χ2v) is 4.47. The SMILES string of the molecule is CCN(c1ccc(N)c2cnccc12)C(C)C. The van der Waals surface area contributed by atoms with Crippen molar-refractivity contribution in [3.63, 3.8) is 0 Å². The van der Waals surface area contributed by atoms with Crippen molar-refractivity contribution < 1.29 is 0 Å². The third-order valence-corrected chi connectivity index (χ3v) is 3.10. The fourth-order valence-corrected chi connectivity index (χ4v) is 2.26. The van der Waals surface area contributed by atoms with Crippen LogP contribution >= 0.6 is 0 Å². The van der Waals surface area contributed by atoms with Gasteiger partial charge in [-0.05, 0) is 39.0 Å². The minimum Gasteiger partial charge on any atom is -0.398 e. The number of hydrogen-bond acceptors (Lipinski definition) is 3. The van der Waals surface area contributed by atoms with E-state index in [4.69, 9.17) is 5.73 Å². The maximum Gasteiger partial charge on any atom is 0.0450 e. The number of nitrogens with zero attached hydrogens (tertiary/aromatic N) is 2. The van der Waals surface area contributed by atoms with Gasteiger partial charge in [0.2, 0.25) is 0 Å². The third kappa shape index (κ3) is 2.05. The Bertz CT molecular complexity index is 520. The van der Waals surface area contributed by atoms with Gasteiger partial charge in [0.25, 0.3) is 0 Å². The molecular weight excluding hydrogens is 210 g/mol. The van der Waals surface area contributed by atoms with Crippen molar-refractivity contribution in [2.24, 2.45) is 0 Å². The Balaban J connectivity index is 2.66. The van der Waals surface area contributed by atoms with Crippen LogP contribution < -0.4 is 10.6 Å². The summed E-state index contributed by atoms with van der Waals surface area (Å²) in [5, 5.41) is 2.21. The topological polar surface area (TPSA) is 42.1 Å². The van der Waals surface area contributed by atoms with Crippen LogP contribution in [0.2, 0.25) is 0 Å². The predicted molar refractivity (Wildman–Crippen MR) is 74.3 cm³/mol. The zero-order valence-corrected chi connectivity index (χ0v) is 10.6. The molecule has 0 bridgehead atoms. The first-order valence-electron chi connectivity index (χ1n) is 6.04. The van der Waals surface area contributed by atoms with Gasteiger partial charge in [-0.15, -0.1) is 0 Å². The van der Waals surface area contributed by atoms with Crippen molar-refractivity contribution in [2.75, 3.05) is 17.2 Å². The van der Waals surface area contributed by atoms with E-state index in [2.05, 4.69) is 36.7 Å². The molecule has 0 aliphatic rings. The summed E-state index contributed by atoms with van der Waals surface area (Å²) in [6.45, 7) is 7.56. The number of pyridine rings is 1. The van der Waals surface area contributed by atoms with E-state index >= 15 is 0 Å². The van der Waals surface area contributed by atoms with Gasteiger partial charge in [-0.2, -0.15) is 0 Å². The van der Waals surface area contributed by atoms with Gasteiger partial charge >= 0.3 is 0 Å². The third-order valence-electron chi connectivity index (χ3n) is 3.10. The van der Waals surface area contributed by atoms with Crippen molar-refractivity contribution in [2.45, 2.75) is 26.8 Å². The molecule has 2 N–H and O–H groups in total. The summed E-state index contributed by atoms with van der Waals surface area (Å²) in [5.74, 6) is 0. The minimum atomic E-state index is 0.472. The van der Waals surface area contributed by atoms with E-state index in [1.165, 1.54) is 11.1 Å². The molecule has 2 rings (SSSR count). The fourth-order valence-electron chi connectivity index (χ4n) is 2.26. The van der Waals surface area contributed by atoms with E-state index in [0.717, 1.165) is 17.6 Å². The van der Waals surface area contributed by atoms with Crippen LogP contribution in [-0.4, -0.2) is 17.6 Å². The molecule has 0 saturated carbocycles. The van der Waals surface area contributed by atoms with Crippen molar-refractivity contribution in [3.8, 4) is 0 Å². The molecule has 0 radical (unpaired) electrons. The molecule has 3 heteroatoms. The molecule has 2 aromatic rings. The van der Waals surface area contributed by atoms with Gasteiger partial charge in [-0.1, -0.05) is 0 Å². The van der Waals surface area contributed by atoms with Crippen LogP contribution in [0.15, 0.2) is 30.6 Å². The summed E-state index contributed by atoms with van der Waals surface area (Å²) in [7, 11) is 0. The predicted octanol–water partition coefficient (Wildman–Crippen LogP) is 3.05. The average Bonchev–Trinajstić information content (AvgIpc) is 2.33. The second kappa shape index (κ2) is 4.62. The summed E-state index contributed by atoms with van der Waals surface area (Å²) in [6.07, 6.45) is 3.65. The maximum absolute atomic E-state index is 5.98. The number of benzene rings is 1. The largest absolute Gasteiger partial charge is 0.398 e. The second-order valence-electron chi connectivity index (χ2n) is 4.47. The Morgan fingerprint density at radius 2 is 2.00 bits per heavy atom. The number of nitrogen functional groups attached to an aromatic ring is 1. The number of aromatic nitrogens is 1. The highest BCUT2D eigenvalue weighted by molar-refractivity contribution is 6.00. The lowest BCUT2D eigenvalue weighted by Gasteiger charge is -2.29. The van der Waals surface area contributed by atoms with Gasteiger partial charge in [0.15, 0.2) is 0 Å². The molecule has 0 atom stereocenters. The van der Waals surface area contributed by atoms with Crippen molar-refractivity contribution in [1.82, 2.24) is 4.98 Å². The van der Waals surface area contributed by atoms with Crippen LogP contribution in [0.5, 0.6) is 0 Å². The first-order chi connectivity index (χ1) is 8.15. The monoisotopic (exact) mass is 229 g/mol. The van der Waals surface area contributed by atoms with Gasteiger partial charge < -0.3 is 10.6 Å². The Morgan fingerprint density at radius 1 is 1.24 bits per heavy atom. The van der Waals surface area contributed by atoms with Crippen LogP contribution in [0.1, 0.15) is 20.8 Å². The van der Waals surface area contributed by atoms with E-state index in [-0.39, 0.29) is 0 Å². The van der Waals surface area contributed by atoms with Gasteiger partial charge in [0.1, 0.15) is 0 Å². The summed E-state index contributed by atoms with van der Waals surface area (Å²) >= 11 is 0. The molecule has 0 fully saturated rings. The number of fused-ring (bicyclic) bond motifs is 1. The summed E-state index contributed by atoms with van der Waals surface area (Å²) in [5.41, 5.74) is 8.00. The molecular formula is C14H19N3. The molecule has 17 heavy (non-hydrogen) atoms. The molecule has 0 unspecified atom stereocenters. The van der Waals surface area contributed by atoms with Crippen LogP contribution in [0, 0.1) is 0 Å². The standard InChI is InChI=1S/C14H19N3/c1-4-17(10(2)3)14-6-5-13(15)12-9-16-8-7-11(12)14/h5-10H,4,15H2,1-3H3. The lowest BCUT2D eigenvalue weighted by molar-refractivity contribution is 0.706. The Morgan fingerprint density at radius 3 is 2.65 bits per heavy atom. The quantitative estimate of drug-likeness (QED) is 0.822. The highest BCUT2D eigenvalue weighted by Crippen LogP contribution is 2.31. The van der Waals surface area contributed by atoms with Crippen LogP contribution in [0.4, 0.5) is 11.4 Å². The molecule has 1 heterocycles. The van der Waals surface area contributed by atoms with Gasteiger partial charge in [0.05, 0.1) is 0 Å². The molecule has 0 aliphatic carbocycles. The van der Waals surface area contributed by atoms with E-state index in [0.29, 0.717) is 6.04 Å². The average molecular weight is 229 g/mol. The van der Waals surface area contributed by atoms with Gasteiger partial charge in [0, 0.05) is 47.1 Å². The lowest BCUT2D eigenvalue weighted by Crippen LogP contribution is -2.30. The van der Waals surface area contributed by atoms with E-state index < -0.39 is 0 Å². The van der Waals surface area contributed by atoms with E-state index in [1.54, 1.807) is 0 Å². The minimum absolute atomic E-state index is 0.472. The smallest absolute Gasteiger partial charge is 0.0450 e. The molecule has 1 aromatic carbocycles. The maximum atomic E-state index is 5.98. The molecule has 0 saturated heterocycles. The normalized spacial score (nSPS) is 11.1. The zero-order chi connectivity index (χ0) is 12.4. The van der Waals surface area contributed by atoms with Crippen LogP contribution in [-0.2, 0) is 0 Å². The highest BCUT2D eigenvalue weighted by Gasteiger charge is 2.12. The number of rotatable bonds is 3. The van der Waals surface area contributed by atoms with Crippen LogP contribution in [0.3, 0.4) is 0 Å². The van der Waals surface area contributed by atoms with E-state index in [9.17, 15) is 0 Å². The zero-order valence-electron chi connectivity index (χ0n) is 10.6. The molecule has 0 spiro atoms.